The van der Waals surface area contributed by atoms with Gasteiger partial charge in [-0.25, -0.2) is 4.98 Å². The molecule has 2 N–H and O–H groups in total. The first-order chi connectivity index (χ1) is 7.65. The van der Waals surface area contributed by atoms with Gasteiger partial charge in [-0.15, -0.1) is 0 Å². The van der Waals surface area contributed by atoms with Gasteiger partial charge in [0, 0.05) is 12.2 Å². The number of amides is 2. The SMILES string of the molecule is Cc1ccc(NC(=O)C(=O)NC2CC2)nc1. The number of aromatic nitrogens is 1. The zero-order valence-electron chi connectivity index (χ0n) is 8.99. The topological polar surface area (TPSA) is 71.1 Å². The fourth-order valence-electron chi connectivity index (χ4n) is 1.19. The van der Waals surface area contributed by atoms with Gasteiger partial charge in [0.2, 0.25) is 0 Å². The number of rotatable bonds is 2. The molecule has 1 saturated carbocycles. The minimum absolute atomic E-state index is 0.184. The van der Waals surface area contributed by atoms with Crippen LogP contribution in [0.2, 0.25) is 0 Å². The zero-order valence-corrected chi connectivity index (χ0v) is 8.99. The van der Waals surface area contributed by atoms with Gasteiger partial charge < -0.3 is 10.6 Å². The minimum atomic E-state index is -0.664. The third-order valence-corrected chi connectivity index (χ3v) is 2.27. The van der Waals surface area contributed by atoms with Gasteiger partial charge >= 0.3 is 11.8 Å². The van der Waals surface area contributed by atoms with E-state index in [0.717, 1.165) is 18.4 Å². The van der Waals surface area contributed by atoms with Crippen molar-refractivity contribution in [2.24, 2.45) is 0 Å². The van der Waals surface area contributed by atoms with Crippen LogP contribution >= 0.6 is 0 Å². The largest absolute Gasteiger partial charge is 0.345 e. The molecular weight excluding hydrogens is 206 g/mol. The van der Waals surface area contributed by atoms with Crippen LogP contribution in [0.25, 0.3) is 0 Å². The molecule has 1 aliphatic rings. The molecule has 5 nitrogen and oxygen atoms in total. The molecule has 0 aliphatic heterocycles. The number of aryl methyl sites for hydroxylation is 1. The summed E-state index contributed by atoms with van der Waals surface area (Å²) in [5.74, 6) is -0.866. The second kappa shape index (κ2) is 4.30. The molecule has 0 radical (unpaired) electrons. The van der Waals surface area contributed by atoms with E-state index < -0.39 is 11.8 Å². The Kier molecular flexibility index (Phi) is 2.85. The lowest BCUT2D eigenvalue weighted by Gasteiger charge is -2.04. The maximum atomic E-state index is 11.4. The van der Waals surface area contributed by atoms with Crippen LogP contribution in [-0.4, -0.2) is 22.8 Å². The maximum absolute atomic E-state index is 11.4. The monoisotopic (exact) mass is 219 g/mol. The highest BCUT2D eigenvalue weighted by Gasteiger charge is 2.26. The third kappa shape index (κ3) is 2.79. The lowest BCUT2D eigenvalue weighted by Crippen LogP contribution is -2.36. The summed E-state index contributed by atoms with van der Waals surface area (Å²) in [7, 11) is 0. The number of pyridine rings is 1. The third-order valence-electron chi connectivity index (χ3n) is 2.27. The predicted molar refractivity (Wildman–Crippen MR) is 58.8 cm³/mol. The quantitative estimate of drug-likeness (QED) is 0.716. The first-order valence-electron chi connectivity index (χ1n) is 5.19. The van der Waals surface area contributed by atoms with E-state index in [2.05, 4.69) is 15.6 Å². The van der Waals surface area contributed by atoms with Crippen LogP contribution in [0.5, 0.6) is 0 Å². The van der Waals surface area contributed by atoms with Gasteiger partial charge in [0.25, 0.3) is 0 Å². The Morgan fingerprint density at radius 3 is 2.62 bits per heavy atom. The summed E-state index contributed by atoms with van der Waals surface area (Å²) in [5, 5.41) is 5.05. The molecule has 16 heavy (non-hydrogen) atoms. The van der Waals surface area contributed by atoms with E-state index in [9.17, 15) is 9.59 Å². The highest BCUT2D eigenvalue weighted by atomic mass is 16.2. The maximum Gasteiger partial charge on any atom is 0.314 e. The first kappa shape index (κ1) is 10.6. The summed E-state index contributed by atoms with van der Waals surface area (Å²) in [5.41, 5.74) is 1.00. The molecule has 2 rings (SSSR count). The lowest BCUT2D eigenvalue weighted by atomic mass is 10.3. The average Bonchev–Trinajstić information content (AvgIpc) is 3.05. The molecule has 0 bridgehead atoms. The van der Waals surface area contributed by atoms with Gasteiger partial charge in [0.1, 0.15) is 5.82 Å². The van der Waals surface area contributed by atoms with Crippen LogP contribution in [-0.2, 0) is 9.59 Å². The summed E-state index contributed by atoms with van der Waals surface area (Å²) in [6, 6.07) is 3.67. The van der Waals surface area contributed by atoms with Crippen molar-refractivity contribution in [3.05, 3.63) is 23.9 Å². The Bertz CT molecular complexity index is 410. The van der Waals surface area contributed by atoms with E-state index in [1.807, 2.05) is 13.0 Å². The van der Waals surface area contributed by atoms with Crippen LogP contribution in [0.4, 0.5) is 5.82 Å². The molecule has 5 heteroatoms. The average molecular weight is 219 g/mol. The molecule has 1 aromatic heterocycles. The van der Waals surface area contributed by atoms with E-state index in [0.29, 0.717) is 5.82 Å². The van der Waals surface area contributed by atoms with Crippen LogP contribution in [0.15, 0.2) is 18.3 Å². The highest BCUT2D eigenvalue weighted by molar-refractivity contribution is 6.39. The Labute approximate surface area is 93.3 Å². The number of hydrogen-bond donors (Lipinski definition) is 2. The number of anilines is 1. The minimum Gasteiger partial charge on any atom is -0.345 e. The molecule has 1 fully saturated rings. The second-order valence-electron chi connectivity index (χ2n) is 3.92. The summed E-state index contributed by atoms with van der Waals surface area (Å²) in [6.07, 6.45) is 3.55. The van der Waals surface area contributed by atoms with Gasteiger partial charge in [-0.05, 0) is 31.4 Å². The van der Waals surface area contributed by atoms with E-state index >= 15 is 0 Å². The summed E-state index contributed by atoms with van der Waals surface area (Å²) < 4.78 is 0. The smallest absolute Gasteiger partial charge is 0.314 e. The summed E-state index contributed by atoms with van der Waals surface area (Å²) in [4.78, 5) is 26.7. The molecule has 0 atom stereocenters. The molecule has 1 heterocycles. The molecule has 0 saturated heterocycles. The fraction of sp³-hybridized carbons (Fsp3) is 0.364. The molecule has 84 valence electrons. The predicted octanol–water partition coefficient (Wildman–Crippen LogP) is 0.607. The molecule has 2 amide bonds. The van der Waals surface area contributed by atoms with Gasteiger partial charge in [-0.2, -0.15) is 0 Å². The first-order valence-corrected chi connectivity index (χ1v) is 5.19. The second-order valence-corrected chi connectivity index (χ2v) is 3.92. The molecular formula is C11H13N3O2. The molecule has 0 unspecified atom stereocenters. The molecule has 0 aromatic carbocycles. The van der Waals surface area contributed by atoms with E-state index in [4.69, 9.17) is 0 Å². The van der Waals surface area contributed by atoms with Gasteiger partial charge in [0.15, 0.2) is 0 Å². The fourth-order valence-corrected chi connectivity index (χ4v) is 1.19. The standard InChI is InChI=1S/C11H13N3O2/c1-7-2-5-9(12-6-7)14-11(16)10(15)13-8-3-4-8/h2,5-6,8H,3-4H2,1H3,(H,13,15)(H,12,14,16). The Morgan fingerprint density at radius 2 is 2.06 bits per heavy atom. The van der Waals surface area contributed by atoms with Crippen molar-refractivity contribution >= 4 is 17.6 Å². The number of nitrogens with zero attached hydrogens (tertiary/aromatic N) is 1. The van der Waals surface area contributed by atoms with Gasteiger partial charge in [-0.1, -0.05) is 6.07 Å². The Morgan fingerprint density at radius 1 is 1.31 bits per heavy atom. The van der Waals surface area contributed by atoms with Crippen molar-refractivity contribution < 1.29 is 9.59 Å². The van der Waals surface area contributed by atoms with Crippen LogP contribution in [0, 0.1) is 6.92 Å². The zero-order chi connectivity index (χ0) is 11.5. The highest BCUT2D eigenvalue weighted by Crippen LogP contribution is 2.18. The lowest BCUT2D eigenvalue weighted by molar-refractivity contribution is -0.136. The van der Waals surface area contributed by atoms with Gasteiger partial charge in [0.05, 0.1) is 0 Å². The van der Waals surface area contributed by atoms with Crippen LogP contribution < -0.4 is 10.6 Å². The number of nitrogens with one attached hydrogen (secondary N) is 2. The molecule has 1 aromatic rings. The van der Waals surface area contributed by atoms with E-state index in [1.54, 1.807) is 12.3 Å². The molecule has 0 spiro atoms. The Balaban J connectivity index is 1.90. The van der Waals surface area contributed by atoms with Crippen molar-refractivity contribution in [2.75, 3.05) is 5.32 Å². The van der Waals surface area contributed by atoms with Crippen molar-refractivity contribution in [3.8, 4) is 0 Å². The Hall–Kier alpha value is -1.91. The van der Waals surface area contributed by atoms with Gasteiger partial charge in [-0.3, -0.25) is 9.59 Å². The normalized spacial score (nSPS) is 14.3. The van der Waals surface area contributed by atoms with Crippen molar-refractivity contribution in [2.45, 2.75) is 25.8 Å². The van der Waals surface area contributed by atoms with E-state index in [1.165, 1.54) is 0 Å². The van der Waals surface area contributed by atoms with Crippen LogP contribution in [0.1, 0.15) is 18.4 Å². The number of hydrogen-bond acceptors (Lipinski definition) is 3. The summed E-state index contributed by atoms with van der Waals surface area (Å²) >= 11 is 0. The van der Waals surface area contributed by atoms with Crippen molar-refractivity contribution in [1.82, 2.24) is 10.3 Å². The van der Waals surface area contributed by atoms with E-state index in [-0.39, 0.29) is 6.04 Å². The summed E-state index contributed by atoms with van der Waals surface area (Å²) in [6.45, 7) is 1.90. The number of carbonyl (C=O) groups excluding carboxylic acids is 2. The van der Waals surface area contributed by atoms with Crippen molar-refractivity contribution in [1.29, 1.82) is 0 Å². The number of carbonyl (C=O) groups is 2. The molecule has 1 aliphatic carbocycles. The van der Waals surface area contributed by atoms with Crippen molar-refractivity contribution in [3.63, 3.8) is 0 Å². The van der Waals surface area contributed by atoms with Crippen LogP contribution in [0.3, 0.4) is 0 Å².